The normalized spacial score (nSPS) is 12.1. The van der Waals surface area contributed by atoms with Crippen LogP contribution in [-0.4, -0.2) is 0 Å². The second-order valence-corrected chi connectivity index (χ2v) is 3.85. The van der Waals surface area contributed by atoms with Crippen molar-refractivity contribution in [3.8, 4) is 11.1 Å². The highest BCUT2D eigenvalue weighted by Crippen LogP contribution is 2.37. The van der Waals surface area contributed by atoms with E-state index in [1.165, 1.54) is 22.3 Å². The largest absolute Gasteiger partial charge is 0.324 e. The molecular formula is C13H12N2. The summed E-state index contributed by atoms with van der Waals surface area (Å²) in [6, 6.07) is 14.8. The summed E-state index contributed by atoms with van der Waals surface area (Å²) >= 11 is 0. The van der Waals surface area contributed by atoms with Crippen LogP contribution >= 0.6 is 0 Å². The zero-order chi connectivity index (χ0) is 10.3. The maximum absolute atomic E-state index is 5.40. The molecule has 1 aliphatic carbocycles. The van der Waals surface area contributed by atoms with Crippen molar-refractivity contribution in [2.24, 2.45) is 5.84 Å². The number of nitrogens with one attached hydrogen (secondary N) is 1. The molecule has 0 saturated heterocycles. The summed E-state index contributed by atoms with van der Waals surface area (Å²) in [5.74, 6) is 5.40. The number of nitrogen functional groups attached to an aromatic ring is 1. The van der Waals surface area contributed by atoms with Gasteiger partial charge >= 0.3 is 0 Å². The highest BCUT2D eigenvalue weighted by molar-refractivity contribution is 5.78. The van der Waals surface area contributed by atoms with E-state index in [-0.39, 0.29) is 0 Å². The van der Waals surface area contributed by atoms with Crippen molar-refractivity contribution in [2.45, 2.75) is 6.42 Å². The van der Waals surface area contributed by atoms with E-state index in [0.717, 1.165) is 12.1 Å². The lowest BCUT2D eigenvalue weighted by Gasteiger charge is -2.03. The van der Waals surface area contributed by atoms with Crippen LogP contribution in [0.4, 0.5) is 5.69 Å². The average molecular weight is 196 g/mol. The number of anilines is 1. The second-order valence-electron chi connectivity index (χ2n) is 3.85. The molecule has 0 aliphatic heterocycles. The molecule has 0 amide bonds. The van der Waals surface area contributed by atoms with Crippen molar-refractivity contribution < 1.29 is 0 Å². The topological polar surface area (TPSA) is 38.0 Å². The van der Waals surface area contributed by atoms with Crippen molar-refractivity contribution in [2.75, 3.05) is 5.43 Å². The lowest BCUT2D eigenvalue weighted by molar-refractivity contribution is 1.25. The predicted molar refractivity (Wildman–Crippen MR) is 62.5 cm³/mol. The van der Waals surface area contributed by atoms with Gasteiger partial charge in [-0.05, 0) is 40.8 Å². The lowest BCUT2D eigenvalue weighted by atomic mass is 10.1. The molecular weight excluding hydrogens is 184 g/mol. The SMILES string of the molecule is NNc1ccc2c(c1)Cc1ccccc1-2. The molecule has 1 aliphatic rings. The highest BCUT2D eigenvalue weighted by Gasteiger charge is 2.17. The third-order valence-corrected chi connectivity index (χ3v) is 2.96. The maximum atomic E-state index is 5.40. The number of rotatable bonds is 1. The van der Waals surface area contributed by atoms with Crippen molar-refractivity contribution in [3.63, 3.8) is 0 Å². The van der Waals surface area contributed by atoms with E-state index in [1.807, 2.05) is 6.07 Å². The van der Waals surface area contributed by atoms with Crippen molar-refractivity contribution in [1.29, 1.82) is 0 Å². The Morgan fingerprint density at radius 1 is 0.933 bits per heavy atom. The monoisotopic (exact) mass is 196 g/mol. The first-order chi connectivity index (χ1) is 7.38. The lowest BCUT2D eigenvalue weighted by Crippen LogP contribution is -2.06. The van der Waals surface area contributed by atoms with Crippen LogP contribution in [0.15, 0.2) is 42.5 Å². The first-order valence-corrected chi connectivity index (χ1v) is 5.06. The highest BCUT2D eigenvalue weighted by atomic mass is 15.2. The van der Waals surface area contributed by atoms with Gasteiger partial charge in [-0.15, -0.1) is 0 Å². The molecule has 0 unspecified atom stereocenters. The van der Waals surface area contributed by atoms with Gasteiger partial charge in [-0.25, -0.2) is 0 Å². The average Bonchev–Trinajstić information content (AvgIpc) is 2.66. The molecule has 2 nitrogen and oxygen atoms in total. The number of benzene rings is 2. The molecule has 0 saturated carbocycles. The van der Waals surface area contributed by atoms with Gasteiger partial charge in [0.05, 0.1) is 0 Å². The zero-order valence-electron chi connectivity index (χ0n) is 8.33. The van der Waals surface area contributed by atoms with Crippen LogP contribution in [0.1, 0.15) is 11.1 Å². The van der Waals surface area contributed by atoms with Gasteiger partial charge in [0, 0.05) is 5.69 Å². The summed E-state index contributed by atoms with van der Waals surface area (Å²) in [5, 5.41) is 0. The van der Waals surface area contributed by atoms with Crippen LogP contribution < -0.4 is 11.3 Å². The molecule has 0 spiro atoms. The molecule has 0 atom stereocenters. The fraction of sp³-hybridized carbons (Fsp3) is 0.0769. The van der Waals surface area contributed by atoms with E-state index in [0.29, 0.717) is 0 Å². The fourth-order valence-electron chi connectivity index (χ4n) is 2.23. The summed E-state index contributed by atoms with van der Waals surface area (Å²) < 4.78 is 0. The van der Waals surface area contributed by atoms with E-state index in [9.17, 15) is 0 Å². The first kappa shape index (κ1) is 8.50. The quantitative estimate of drug-likeness (QED) is 0.463. The number of hydrazine groups is 1. The Bertz CT molecular complexity index is 518. The Labute approximate surface area is 88.7 Å². The van der Waals surface area contributed by atoms with E-state index in [2.05, 4.69) is 41.8 Å². The van der Waals surface area contributed by atoms with Crippen LogP contribution in [0.3, 0.4) is 0 Å². The molecule has 0 aromatic heterocycles. The smallest absolute Gasteiger partial charge is 0.0488 e. The standard InChI is InChI=1S/C13H12N2/c14-15-11-5-6-13-10(8-11)7-9-3-1-2-4-12(9)13/h1-6,8,15H,7,14H2. The molecule has 0 heterocycles. The number of fused-ring (bicyclic) bond motifs is 3. The summed E-state index contributed by atoms with van der Waals surface area (Å²) in [5.41, 5.74) is 9.11. The van der Waals surface area contributed by atoms with Gasteiger partial charge in [0.2, 0.25) is 0 Å². The van der Waals surface area contributed by atoms with Crippen LogP contribution in [0.5, 0.6) is 0 Å². The number of hydrogen-bond donors (Lipinski definition) is 2. The Morgan fingerprint density at radius 2 is 1.73 bits per heavy atom. The summed E-state index contributed by atoms with van der Waals surface area (Å²) in [7, 11) is 0. The van der Waals surface area contributed by atoms with Crippen LogP contribution in [0.25, 0.3) is 11.1 Å². The van der Waals surface area contributed by atoms with E-state index >= 15 is 0 Å². The molecule has 74 valence electrons. The molecule has 0 bridgehead atoms. The summed E-state index contributed by atoms with van der Waals surface area (Å²) in [6.45, 7) is 0. The predicted octanol–water partition coefficient (Wildman–Crippen LogP) is 2.54. The minimum atomic E-state index is 0.974. The van der Waals surface area contributed by atoms with Gasteiger partial charge in [0.25, 0.3) is 0 Å². The molecule has 2 aromatic rings. The van der Waals surface area contributed by atoms with Crippen LogP contribution in [0, 0.1) is 0 Å². The molecule has 3 rings (SSSR count). The Kier molecular flexibility index (Phi) is 1.76. The summed E-state index contributed by atoms with van der Waals surface area (Å²) in [4.78, 5) is 0. The molecule has 3 N–H and O–H groups in total. The first-order valence-electron chi connectivity index (χ1n) is 5.06. The molecule has 15 heavy (non-hydrogen) atoms. The molecule has 0 fully saturated rings. The van der Waals surface area contributed by atoms with E-state index < -0.39 is 0 Å². The van der Waals surface area contributed by atoms with Crippen LogP contribution in [0.2, 0.25) is 0 Å². The van der Waals surface area contributed by atoms with Gasteiger partial charge in [-0.1, -0.05) is 30.3 Å². The van der Waals surface area contributed by atoms with Crippen molar-refractivity contribution >= 4 is 5.69 Å². The van der Waals surface area contributed by atoms with Crippen molar-refractivity contribution in [1.82, 2.24) is 0 Å². The van der Waals surface area contributed by atoms with Gasteiger partial charge in [-0.3, -0.25) is 5.84 Å². The van der Waals surface area contributed by atoms with Crippen molar-refractivity contribution in [3.05, 3.63) is 53.6 Å². The Morgan fingerprint density at radius 3 is 2.60 bits per heavy atom. The number of hydrogen-bond acceptors (Lipinski definition) is 2. The van der Waals surface area contributed by atoms with Crippen LogP contribution in [-0.2, 0) is 6.42 Å². The third kappa shape index (κ3) is 1.22. The minimum Gasteiger partial charge on any atom is -0.324 e. The van der Waals surface area contributed by atoms with E-state index in [1.54, 1.807) is 0 Å². The van der Waals surface area contributed by atoms with Gasteiger partial charge < -0.3 is 5.43 Å². The zero-order valence-corrected chi connectivity index (χ0v) is 8.33. The third-order valence-electron chi connectivity index (χ3n) is 2.96. The minimum absolute atomic E-state index is 0.974. The summed E-state index contributed by atoms with van der Waals surface area (Å²) in [6.07, 6.45) is 1.01. The van der Waals surface area contributed by atoms with Gasteiger partial charge in [0.1, 0.15) is 0 Å². The Hall–Kier alpha value is -1.80. The van der Waals surface area contributed by atoms with Gasteiger partial charge in [-0.2, -0.15) is 0 Å². The molecule has 2 heteroatoms. The second kappa shape index (κ2) is 3.11. The number of nitrogens with two attached hydrogens (primary N) is 1. The molecule has 0 radical (unpaired) electrons. The molecule has 2 aromatic carbocycles. The van der Waals surface area contributed by atoms with E-state index in [4.69, 9.17) is 5.84 Å². The van der Waals surface area contributed by atoms with Gasteiger partial charge in [0.15, 0.2) is 0 Å². The fourth-order valence-corrected chi connectivity index (χ4v) is 2.23. The Balaban J connectivity index is 2.18. The maximum Gasteiger partial charge on any atom is 0.0488 e.